The van der Waals surface area contributed by atoms with Crippen molar-refractivity contribution < 1.29 is 14.3 Å². The van der Waals surface area contributed by atoms with Gasteiger partial charge in [-0.1, -0.05) is 20.8 Å². The van der Waals surface area contributed by atoms with Crippen LogP contribution in [-0.4, -0.2) is 32.5 Å². The Morgan fingerprint density at radius 2 is 1.60 bits per heavy atom. The molecule has 118 valence electrons. The normalized spacial score (nSPS) is 25.6. The molecule has 4 heteroatoms. The molecule has 0 aliphatic heterocycles. The Balaban J connectivity index is 2.43. The van der Waals surface area contributed by atoms with Crippen LogP contribution in [0, 0.1) is 17.3 Å². The van der Waals surface area contributed by atoms with Crippen molar-refractivity contribution in [2.45, 2.75) is 65.7 Å². The topological polar surface area (TPSA) is 47.6 Å². The Morgan fingerprint density at radius 3 is 2.00 bits per heavy atom. The number of carbonyl (C=O) groups is 1. The maximum Gasteiger partial charge on any atom is 0.223 e. The summed E-state index contributed by atoms with van der Waals surface area (Å²) in [4.78, 5) is 12.3. The van der Waals surface area contributed by atoms with Crippen LogP contribution in [-0.2, 0) is 14.3 Å². The Hall–Kier alpha value is -0.610. The highest BCUT2D eigenvalue weighted by Gasteiger charge is 2.33. The van der Waals surface area contributed by atoms with Gasteiger partial charge in [-0.25, -0.2) is 0 Å². The lowest BCUT2D eigenvalue weighted by atomic mass is 9.69. The molecular weight excluding hydrogens is 254 g/mol. The van der Waals surface area contributed by atoms with E-state index in [0.717, 1.165) is 31.6 Å². The summed E-state index contributed by atoms with van der Waals surface area (Å²) in [7, 11) is 3.18. The van der Waals surface area contributed by atoms with Crippen molar-refractivity contribution in [3.63, 3.8) is 0 Å². The van der Waals surface area contributed by atoms with Crippen molar-refractivity contribution >= 4 is 5.91 Å². The monoisotopic (exact) mass is 285 g/mol. The highest BCUT2D eigenvalue weighted by molar-refractivity contribution is 5.79. The Morgan fingerprint density at radius 1 is 1.10 bits per heavy atom. The summed E-state index contributed by atoms with van der Waals surface area (Å²) in [6.07, 6.45) is 3.89. The summed E-state index contributed by atoms with van der Waals surface area (Å²) in [5.41, 5.74) is 0.353. The van der Waals surface area contributed by atoms with Gasteiger partial charge in [0.15, 0.2) is 6.29 Å². The third-order valence-corrected chi connectivity index (χ3v) is 4.57. The molecule has 0 aromatic rings. The average molecular weight is 285 g/mol. The molecule has 1 saturated carbocycles. The van der Waals surface area contributed by atoms with Crippen molar-refractivity contribution in [1.82, 2.24) is 5.32 Å². The lowest BCUT2D eigenvalue weighted by molar-refractivity contribution is -0.139. The van der Waals surface area contributed by atoms with E-state index in [2.05, 4.69) is 26.1 Å². The summed E-state index contributed by atoms with van der Waals surface area (Å²) in [6, 6.07) is -0.127. The molecule has 0 bridgehead atoms. The summed E-state index contributed by atoms with van der Waals surface area (Å²) >= 11 is 0. The molecule has 0 aromatic heterocycles. The fourth-order valence-electron chi connectivity index (χ4n) is 3.14. The number of nitrogens with one attached hydrogen (secondary N) is 1. The first-order chi connectivity index (χ1) is 9.29. The van der Waals surface area contributed by atoms with Crippen molar-refractivity contribution in [3.05, 3.63) is 0 Å². The van der Waals surface area contributed by atoms with E-state index in [1.165, 1.54) is 0 Å². The van der Waals surface area contributed by atoms with E-state index in [-0.39, 0.29) is 24.2 Å². The number of amides is 1. The minimum Gasteiger partial charge on any atom is -0.354 e. The predicted molar refractivity (Wildman–Crippen MR) is 80.3 cm³/mol. The van der Waals surface area contributed by atoms with E-state index in [0.29, 0.717) is 5.41 Å². The van der Waals surface area contributed by atoms with Gasteiger partial charge in [-0.05, 0) is 43.9 Å². The molecule has 0 spiro atoms. The van der Waals surface area contributed by atoms with E-state index in [1.54, 1.807) is 14.2 Å². The molecule has 0 saturated heterocycles. The van der Waals surface area contributed by atoms with E-state index >= 15 is 0 Å². The number of hydrogen-bond donors (Lipinski definition) is 1. The van der Waals surface area contributed by atoms with E-state index in [9.17, 15) is 4.79 Å². The molecule has 20 heavy (non-hydrogen) atoms. The third kappa shape index (κ3) is 4.74. The van der Waals surface area contributed by atoms with Gasteiger partial charge in [-0.3, -0.25) is 4.79 Å². The molecule has 1 unspecified atom stereocenters. The van der Waals surface area contributed by atoms with Crippen LogP contribution in [0.2, 0.25) is 0 Å². The Bertz CT molecular complexity index is 299. The lowest BCUT2D eigenvalue weighted by Gasteiger charge is -2.37. The SMILES string of the molecule is COC(OC)C(C)NC(=O)C1CCC(C(C)(C)C)CC1. The molecule has 1 atom stereocenters. The summed E-state index contributed by atoms with van der Waals surface area (Å²) in [5, 5.41) is 3.02. The standard InChI is InChI=1S/C16H31NO3/c1-11(15(19-5)20-6)17-14(18)12-7-9-13(10-8-12)16(2,3)4/h11-13,15H,7-10H2,1-6H3,(H,17,18). The third-order valence-electron chi connectivity index (χ3n) is 4.57. The highest BCUT2D eigenvalue weighted by Crippen LogP contribution is 2.39. The van der Waals surface area contributed by atoms with Gasteiger partial charge in [0.1, 0.15) is 0 Å². The molecule has 0 radical (unpaired) electrons. The van der Waals surface area contributed by atoms with Crippen molar-refractivity contribution in [2.24, 2.45) is 17.3 Å². The Kier molecular flexibility index (Phi) is 6.46. The number of methoxy groups -OCH3 is 2. The molecule has 0 heterocycles. The second-order valence-corrected chi connectivity index (χ2v) is 7.05. The molecule has 1 N–H and O–H groups in total. The van der Waals surface area contributed by atoms with Crippen molar-refractivity contribution in [1.29, 1.82) is 0 Å². The maximum atomic E-state index is 12.3. The van der Waals surface area contributed by atoms with Crippen molar-refractivity contribution in [2.75, 3.05) is 14.2 Å². The van der Waals surface area contributed by atoms with Gasteiger partial charge < -0.3 is 14.8 Å². The van der Waals surface area contributed by atoms with Crippen LogP contribution in [0.3, 0.4) is 0 Å². The first-order valence-corrected chi connectivity index (χ1v) is 7.65. The van der Waals surface area contributed by atoms with Gasteiger partial charge in [-0.2, -0.15) is 0 Å². The fourth-order valence-corrected chi connectivity index (χ4v) is 3.14. The minimum absolute atomic E-state index is 0.127. The lowest BCUT2D eigenvalue weighted by Crippen LogP contribution is -2.46. The van der Waals surface area contributed by atoms with Crippen LogP contribution in [0.15, 0.2) is 0 Å². The van der Waals surface area contributed by atoms with Crippen LogP contribution in [0.25, 0.3) is 0 Å². The summed E-state index contributed by atoms with van der Waals surface area (Å²) < 4.78 is 10.3. The predicted octanol–water partition coefficient (Wildman–Crippen LogP) is 2.96. The maximum absolute atomic E-state index is 12.3. The zero-order chi connectivity index (χ0) is 15.3. The molecule has 4 nitrogen and oxygen atoms in total. The van der Waals surface area contributed by atoms with Crippen LogP contribution in [0.4, 0.5) is 0 Å². The van der Waals surface area contributed by atoms with Gasteiger partial charge in [0.25, 0.3) is 0 Å². The summed E-state index contributed by atoms with van der Waals surface area (Å²) in [5.74, 6) is 1.02. The van der Waals surface area contributed by atoms with Gasteiger partial charge in [0.05, 0.1) is 6.04 Å². The van der Waals surface area contributed by atoms with E-state index < -0.39 is 0 Å². The van der Waals surface area contributed by atoms with Gasteiger partial charge in [-0.15, -0.1) is 0 Å². The molecular formula is C16H31NO3. The smallest absolute Gasteiger partial charge is 0.223 e. The highest BCUT2D eigenvalue weighted by atomic mass is 16.7. The largest absolute Gasteiger partial charge is 0.354 e. The molecule has 1 fully saturated rings. The molecule has 1 rings (SSSR count). The van der Waals surface area contributed by atoms with Crippen LogP contribution in [0.5, 0.6) is 0 Å². The van der Waals surface area contributed by atoms with E-state index in [1.807, 2.05) is 6.92 Å². The number of ether oxygens (including phenoxy) is 2. The van der Waals surface area contributed by atoms with E-state index in [4.69, 9.17) is 9.47 Å². The minimum atomic E-state index is -0.384. The van der Waals surface area contributed by atoms with Crippen LogP contribution < -0.4 is 5.32 Å². The van der Waals surface area contributed by atoms with Crippen molar-refractivity contribution in [3.8, 4) is 0 Å². The zero-order valence-corrected chi connectivity index (χ0v) is 13.9. The molecule has 1 aliphatic carbocycles. The molecule has 1 aliphatic rings. The average Bonchev–Trinajstić information content (AvgIpc) is 2.39. The van der Waals surface area contributed by atoms with Gasteiger partial charge in [0, 0.05) is 20.1 Å². The van der Waals surface area contributed by atoms with Gasteiger partial charge >= 0.3 is 0 Å². The van der Waals surface area contributed by atoms with Crippen LogP contribution >= 0.6 is 0 Å². The second kappa shape index (κ2) is 7.41. The first-order valence-electron chi connectivity index (χ1n) is 7.65. The van der Waals surface area contributed by atoms with Crippen LogP contribution in [0.1, 0.15) is 53.4 Å². The zero-order valence-electron chi connectivity index (χ0n) is 13.9. The second-order valence-electron chi connectivity index (χ2n) is 7.05. The van der Waals surface area contributed by atoms with Gasteiger partial charge in [0.2, 0.25) is 5.91 Å². The first kappa shape index (κ1) is 17.4. The number of rotatable bonds is 5. The molecule has 0 aromatic carbocycles. The molecule has 1 amide bonds. The Labute approximate surface area is 123 Å². The quantitative estimate of drug-likeness (QED) is 0.790. The number of hydrogen-bond acceptors (Lipinski definition) is 3. The number of carbonyl (C=O) groups excluding carboxylic acids is 1. The fraction of sp³-hybridized carbons (Fsp3) is 0.938. The summed E-state index contributed by atoms with van der Waals surface area (Å²) in [6.45, 7) is 8.79.